The average molecular weight is 237 g/mol. The molecule has 1 aliphatic rings. The molecule has 1 heterocycles. The highest BCUT2D eigenvalue weighted by atomic mass is 19.1. The standard InChI is InChI=1S/C12H14FN2O2/c1-3-8(2)14-10-7-11-12(6-9(10)13)17-5-4-15(11)16/h6-7H,3-5H2,1-2H3/q+1. The second kappa shape index (κ2) is 4.61. The molecule has 1 aromatic rings. The highest BCUT2D eigenvalue weighted by Crippen LogP contribution is 2.35. The Bertz CT molecular complexity index is 498. The predicted molar refractivity (Wildman–Crippen MR) is 63.1 cm³/mol. The van der Waals surface area contributed by atoms with Crippen LogP contribution in [0.15, 0.2) is 17.1 Å². The van der Waals surface area contributed by atoms with Crippen molar-refractivity contribution >= 4 is 17.1 Å². The molecule has 0 fully saturated rings. The van der Waals surface area contributed by atoms with Gasteiger partial charge in [0.15, 0.2) is 18.2 Å². The van der Waals surface area contributed by atoms with Gasteiger partial charge in [0, 0.05) is 27.5 Å². The Balaban J connectivity index is 2.49. The summed E-state index contributed by atoms with van der Waals surface area (Å²) in [6, 6.07) is 2.66. The number of ether oxygens (including phenoxy) is 1. The van der Waals surface area contributed by atoms with E-state index in [0.717, 1.165) is 16.9 Å². The van der Waals surface area contributed by atoms with Gasteiger partial charge < -0.3 is 4.74 Å². The first kappa shape index (κ1) is 11.7. The second-order valence-electron chi connectivity index (χ2n) is 3.92. The van der Waals surface area contributed by atoms with Crippen LogP contribution in [0.5, 0.6) is 5.75 Å². The van der Waals surface area contributed by atoms with Crippen LogP contribution < -0.4 is 4.74 Å². The highest BCUT2D eigenvalue weighted by Gasteiger charge is 2.27. The molecule has 0 spiro atoms. The largest absolute Gasteiger partial charge is 0.480 e. The Morgan fingerprint density at radius 3 is 3.06 bits per heavy atom. The number of nitroso groups, excluding NO2 is 1. The lowest BCUT2D eigenvalue weighted by Gasteiger charge is -2.11. The number of hydrogen-bond donors (Lipinski definition) is 0. The van der Waals surface area contributed by atoms with Crippen molar-refractivity contribution in [3.05, 3.63) is 22.9 Å². The van der Waals surface area contributed by atoms with Crippen molar-refractivity contribution in [3.63, 3.8) is 0 Å². The number of hydrogen-bond acceptors (Lipinski definition) is 3. The normalized spacial score (nSPS) is 15.5. The molecule has 0 saturated carbocycles. The van der Waals surface area contributed by atoms with E-state index >= 15 is 0 Å². The predicted octanol–water partition coefficient (Wildman–Crippen LogP) is 3.13. The molecule has 0 amide bonds. The number of rotatable bonds is 2. The SMILES string of the molecule is CCC(C)=Nc1cc2c(cc1F)OCC[N+]2=O. The summed E-state index contributed by atoms with van der Waals surface area (Å²) in [5, 5.41) is 0. The lowest BCUT2D eigenvalue weighted by molar-refractivity contribution is -0.473. The molecule has 17 heavy (non-hydrogen) atoms. The number of halogens is 1. The Morgan fingerprint density at radius 2 is 2.35 bits per heavy atom. The van der Waals surface area contributed by atoms with E-state index in [1.54, 1.807) is 0 Å². The minimum absolute atomic E-state index is 0.189. The molecule has 0 bridgehead atoms. The molecule has 0 saturated heterocycles. The van der Waals surface area contributed by atoms with Gasteiger partial charge in [-0.3, -0.25) is 4.99 Å². The third-order valence-corrected chi connectivity index (χ3v) is 2.67. The molecular weight excluding hydrogens is 223 g/mol. The van der Waals surface area contributed by atoms with Crippen molar-refractivity contribution in [1.82, 2.24) is 0 Å². The Kier molecular flexibility index (Phi) is 3.17. The molecule has 2 rings (SSSR count). The van der Waals surface area contributed by atoms with Crippen LogP contribution >= 0.6 is 0 Å². The Hall–Kier alpha value is -1.78. The van der Waals surface area contributed by atoms with Crippen molar-refractivity contribution in [1.29, 1.82) is 0 Å². The van der Waals surface area contributed by atoms with Crippen molar-refractivity contribution < 1.29 is 13.9 Å². The zero-order valence-electron chi connectivity index (χ0n) is 9.86. The van der Waals surface area contributed by atoms with Crippen LogP contribution in [0.1, 0.15) is 20.3 Å². The summed E-state index contributed by atoms with van der Waals surface area (Å²) in [6.45, 7) is 4.31. The van der Waals surface area contributed by atoms with E-state index in [1.165, 1.54) is 12.1 Å². The molecule has 1 aromatic carbocycles. The highest BCUT2D eigenvalue weighted by molar-refractivity contribution is 5.84. The summed E-state index contributed by atoms with van der Waals surface area (Å²) in [5.41, 5.74) is 1.35. The summed E-state index contributed by atoms with van der Waals surface area (Å²) in [4.78, 5) is 15.7. The fourth-order valence-corrected chi connectivity index (χ4v) is 1.57. The summed E-state index contributed by atoms with van der Waals surface area (Å²) in [7, 11) is 0. The molecular formula is C12H14FN2O2+. The molecule has 0 atom stereocenters. The number of aliphatic imine (C=N–C) groups is 1. The summed E-state index contributed by atoms with van der Waals surface area (Å²) < 4.78 is 19.7. The van der Waals surface area contributed by atoms with E-state index in [2.05, 4.69) is 4.99 Å². The van der Waals surface area contributed by atoms with Crippen LogP contribution in [0, 0.1) is 10.7 Å². The van der Waals surface area contributed by atoms with E-state index in [4.69, 9.17) is 4.74 Å². The first-order valence-electron chi connectivity index (χ1n) is 5.57. The molecule has 0 aliphatic carbocycles. The molecule has 0 radical (unpaired) electrons. The van der Waals surface area contributed by atoms with Crippen LogP contribution in [0.2, 0.25) is 0 Å². The summed E-state index contributed by atoms with van der Waals surface area (Å²) in [5.74, 6) is -0.177. The van der Waals surface area contributed by atoms with Gasteiger partial charge in [0.2, 0.25) is 6.54 Å². The molecule has 0 unspecified atom stereocenters. The van der Waals surface area contributed by atoms with Crippen molar-refractivity contribution in [2.45, 2.75) is 20.3 Å². The Morgan fingerprint density at radius 1 is 1.59 bits per heavy atom. The maximum absolute atomic E-state index is 13.7. The smallest absolute Gasteiger partial charge is 0.300 e. The van der Waals surface area contributed by atoms with Gasteiger partial charge in [0.25, 0.3) is 5.69 Å². The van der Waals surface area contributed by atoms with Gasteiger partial charge in [-0.2, -0.15) is 0 Å². The van der Waals surface area contributed by atoms with E-state index < -0.39 is 5.82 Å². The first-order valence-corrected chi connectivity index (χ1v) is 5.57. The maximum Gasteiger partial charge on any atom is 0.300 e. The van der Waals surface area contributed by atoms with Crippen LogP contribution in [0.4, 0.5) is 15.8 Å². The van der Waals surface area contributed by atoms with E-state index in [-0.39, 0.29) is 24.6 Å². The van der Waals surface area contributed by atoms with Crippen LogP contribution in [-0.2, 0) is 0 Å². The fourth-order valence-electron chi connectivity index (χ4n) is 1.57. The maximum atomic E-state index is 13.7. The van der Waals surface area contributed by atoms with Gasteiger partial charge >= 0.3 is 0 Å². The topological polar surface area (TPSA) is 41.7 Å². The first-order chi connectivity index (χ1) is 8.11. The van der Waals surface area contributed by atoms with Crippen molar-refractivity contribution in [2.75, 3.05) is 13.2 Å². The molecule has 0 aromatic heterocycles. The Labute approximate surface area is 98.7 Å². The zero-order chi connectivity index (χ0) is 12.4. The number of benzene rings is 1. The van der Waals surface area contributed by atoms with Crippen LogP contribution in [0.3, 0.4) is 0 Å². The molecule has 0 N–H and O–H groups in total. The monoisotopic (exact) mass is 237 g/mol. The lowest BCUT2D eigenvalue weighted by atomic mass is 10.2. The average Bonchev–Trinajstić information content (AvgIpc) is 2.31. The van der Waals surface area contributed by atoms with Gasteiger partial charge in [0.1, 0.15) is 5.69 Å². The van der Waals surface area contributed by atoms with Crippen LogP contribution in [0.25, 0.3) is 0 Å². The molecule has 90 valence electrons. The second-order valence-corrected chi connectivity index (χ2v) is 3.92. The third kappa shape index (κ3) is 2.33. The minimum atomic E-state index is -0.466. The zero-order valence-corrected chi connectivity index (χ0v) is 9.86. The molecule has 5 heteroatoms. The van der Waals surface area contributed by atoms with E-state index in [9.17, 15) is 9.30 Å². The van der Waals surface area contributed by atoms with E-state index in [1.807, 2.05) is 13.8 Å². The summed E-state index contributed by atoms with van der Waals surface area (Å²) in [6.07, 6.45) is 0.744. The van der Waals surface area contributed by atoms with E-state index in [0.29, 0.717) is 5.69 Å². The van der Waals surface area contributed by atoms with Crippen molar-refractivity contribution in [3.8, 4) is 5.75 Å². The number of fused-ring (bicyclic) bond motifs is 1. The van der Waals surface area contributed by atoms with Crippen LogP contribution in [-0.4, -0.2) is 23.6 Å². The summed E-state index contributed by atoms with van der Waals surface area (Å²) >= 11 is 0. The van der Waals surface area contributed by atoms with Gasteiger partial charge in [-0.15, -0.1) is 0 Å². The van der Waals surface area contributed by atoms with Gasteiger partial charge in [-0.1, -0.05) is 6.92 Å². The quantitative estimate of drug-likeness (QED) is 0.585. The van der Waals surface area contributed by atoms with Gasteiger partial charge in [0.05, 0.1) is 0 Å². The minimum Gasteiger partial charge on any atom is -0.480 e. The fraction of sp³-hybridized carbons (Fsp3) is 0.417. The third-order valence-electron chi connectivity index (χ3n) is 2.67. The van der Waals surface area contributed by atoms with Gasteiger partial charge in [-0.05, 0) is 13.3 Å². The number of nitrogens with zero attached hydrogens (tertiary/aromatic N) is 2. The molecule has 4 nitrogen and oxygen atoms in total. The van der Waals surface area contributed by atoms with Gasteiger partial charge in [-0.25, -0.2) is 4.39 Å². The van der Waals surface area contributed by atoms with Crippen molar-refractivity contribution in [2.24, 2.45) is 4.99 Å². The molecule has 1 aliphatic heterocycles. The lowest BCUT2D eigenvalue weighted by Crippen LogP contribution is -2.19.